The van der Waals surface area contributed by atoms with Crippen LogP contribution in [0.5, 0.6) is 5.75 Å². The summed E-state index contributed by atoms with van der Waals surface area (Å²) in [6.07, 6.45) is 0.782. The molecule has 0 aliphatic carbocycles. The molecule has 17 heavy (non-hydrogen) atoms. The minimum atomic E-state index is -0.142. The van der Waals surface area contributed by atoms with E-state index in [9.17, 15) is 4.79 Å². The molecule has 1 amide bonds. The predicted molar refractivity (Wildman–Crippen MR) is 64.9 cm³/mol. The minimum absolute atomic E-state index is 0.0772. The molecule has 4 nitrogen and oxygen atoms in total. The van der Waals surface area contributed by atoms with Crippen LogP contribution < -0.4 is 10.1 Å². The fraction of sp³-hybridized carbons (Fsp3) is 0.462. The van der Waals surface area contributed by atoms with Crippen molar-refractivity contribution in [3.63, 3.8) is 0 Å². The molecule has 0 saturated carbocycles. The highest BCUT2D eigenvalue weighted by molar-refractivity contribution is 5.88. The largest absolute Gasteiger partial charge is 0.465 e. The van der Waals surface area contributed by atoms with Gasteiger partial charge in [0.1, 0.15) is 5.75 Å². The fourth-order valence-corrected chi connectivity index (χ4v) is 1.79. The van der Waals surface area contributed by atoms with Crippen LogP contribution in [-0.2, 0) is 9.53 Å². The first-order valence-corrected chi connectivity index (χ1v) is 5.79. The monoisotopic (exact) mass is 235 g/mol. The van der Waals surface area contributed by atoms with Crippen LogP contribution in [0.1, 0.15) is 20.3 Å². The quantitative estimate of drug-likeness (QED) is 0.875. The summed E-state index contributed by atoms with van der Waals surface area (Å²) in [5.41, 5.74) is 0.769. The number of carbonyl (C=O) groups excluding carboxylic acids is 1. The number of rotatable bonds is 3. The van der Waals surface area contributed by atoms with Crippen LogP contribution in [0.4, 0.5) is 5.69 Å². The van der Waals surface area contributed by atoms with Gasteiger partial charge in [-0.05, 0) is 30.2 Å². The predicted octanol–water partition coefficient (Wildman–Crippen LogP) is 2.41. The highest BCUT2D eigenvalue weighted by atomic mass is 16.7. The molecule has 1 aliphatic rings. The Bertz CT molecular complexity index is 388. The molecular weight excluding hydrogens is 218 g/mol. The number of benzene rings is 1. The van der Waals surface area contributed by atoms with Crippen molar-refractivity contribution in [3.05, 3.63) is 24.3 Å². The molecule has 0 radical (unpaired) electrons. The molecule has 1 saturated heterocycles. The third kappa shape index (κ3) is 3.46. The van der Waals surface area contributed by atoms with Gasteiger partial charge in [0.05, 0.1) is 6.61 Å². The van der Waals surface area contributed by atoms with Crippen molar-refractivity contribution in [1.29, 1.82) is 0 Å². The lowest BCUT2D eigenvalue weighted by Gasteiger charge is -2.13. The molecule has 4 heteroatoms. The average molecular weight is 235 g/mol. The van der Waals surface area contributed by atoms with E-state index in [4.69, 9.17) is 9.47 Å². The molecule has 1 heterocycles. The van der Waals surface area contributed by atoms with Crippen molar-refractivity contribution in [2.45, 2.75) is 26.6 Å². The van der Waals surface area contributed by atoms with E-state index in [1.54, 1.807) is 0 Å². The molecule has 1 N–H and O–H groups in total. The molecule has 1 fully saturated rings. The molecular formula is C13H17NO3. The zero-order chi connectivity index (χ0) is 12.3. The molecule has 1 unspecified atom stereocenters. The van der Waals surface area contributed by atoms with Gasteiger partial charge >= 0.3 is 0 Å². The third-order valence-corrected chi connectivity index (χ3v) is 2.60. The molecule has 0 bridgehead atoms. The van der Waals surface area contributed by atoms with Gasteiger partial charge in [0.25, 0.3) is 0 Å². The maximum Gasteiger partial charge on any atom is 0.221 e. The van der Waals surface area contributed by atoms with Gasteiger partial charge in [0.15, 0.2) is 6.29 Å². The summed E-state index contributed by atoms with van der Waals surface area (Å²) in [6.45, 7) is 4.38. The van der Waals surface area contributed by atoms with Crippen LogP contribution in [-0.4, -0.2) is 18.8 Å². The summed E-state index contributed by atoms with van der Waals surface area (Å²) in [6, 6.07) is 7.29. The zero-order valence-corrected chi connectivity index (χ0v) is 10.1. The Hall–Kier alpha value is -1.55. The van der Waals surface area contributed by atoms with Crippen LogP contribution in [0, 0.1) is 5.92 Å². The molecule has 1 aliphatic heterocycles. The number of nitrogens with one attached hydrogen (secondary N) is 1. The van der Waals surface area contributed by atoms with Crippen molar-refractivity contribution >= 4 is 11.6 Å². The fourth-order valence-electron chi connectivity index (χ4n) is 1.79. The van der Waals surface area contributed by atoms with Gasteiger partial charge in [0.2, 0.25) is 5.91 Å². The Morgan fingerprint density at radius 1 is 1.41 bits per heavy atom. The third-order valence-electron chi connectivity index (χ3n) is 2.60. The molecule has 2 rings (SSSR count). The first-order chi connectivity index (χ1) is 8.13. The normalized spacial score (nSPS) is 23.4. The number of carbonyl (C=O) groups is 1. The highest BCUT2D eigenvalue weighted by Gasteiger charge is 2.23. The molecule has 0 spiro atoms. The zero-order valence-electron chi connectivity index (χ0n) is 10.1. The van der Waals surface area contributed by atoms with Crippen molar-refractivity contribution in [2.24, 2.45) is 5.92 Å². The molecule has 0 aromatic heterocycles. The summed E-state index contributed by atoms with van der Waals surface area (Å²) in [4.78, 5) is 10.9. The maximum absolute atomic E-state index is 10.9. The molecule has 1 aromatic rings. The van der Waals surface area contributed by atoms with E-state index in [0.29, 0.717) is 5.92 Å². The second kappa shape index (κ2) is 5.19. The van der Waals surface area contributed by atoms with Gasteiger partial charge < -0.3 is 14.8 Å². The number of anilines is 1. The van der Waals surface area contributed by atoms with Gasteiger partial charge in [-0.15, -0.1) is 0 Å². The molecule has 1 aromatic carbocycles. The van der Waals surface area contributed by atoms with Gasteiger partial charge in [-0.1, -0.05) is 6.92 Å². The number of amides is 1. The second-order valence-electron chi connectivity index (χ2n) is 4.43. The van der Waals surface area contributed by atoms with Crippen molar-refractivity contribution in [1.82, 2.24) is 0 Å². The van der Waals surface area contributed by atoms with Crippen LogP contribution in [0.2, 0.25) is 0 Å². The smallest absolute Gasteiger partial charge is 0.221 e. The first-order valence-electron chi connectivity index (χ1n) is 5.79. The maximum atomic E-state index is 10.9. The van der Waals surface area contributed by atoms with E-state index < -0.39 is 0 Å². The Balaban J connectivity index is 1.91. The van der Waals surface area contributed by atoms with E-state index in [2.05, 4.69) is 12.2 Å². The standard InChI is InChI=1S/C13H17NO3/c1-9-7-13(16-8-9)17-12-5-3-11(4-6-12)14-10(2)15/h3-6,9,13H,7-8H2,1-2H3,(H,14,15)/t9-,13?/m1/s1. The Morgan fingerprint density at radius 2 is 2.12 bits per heavy atom. The van der Waals surface area contributed by atoms with Gasteiger partial charge in [0, 0.05) is 19.0 Å². The second-order valence-corrected chi connectivity index (χ2v) is 4.43. The lowest BCUT2D eigenvalue weighted by molar-refractivity contribution is -0.114. The van der Waals surface area contributed by atoms with Crippen molar-refractivity contribution < 1.29 is 14.3 Å². The molecule has 2 atom stereocenters. The van der Waals surface area contributed by atoms with E-state index in [1.807, 2.05) is 24.3 Å². The van der Waals surface area contributed by atoms with Crippen molar-refractivity contribution in [2.75, 3.05) is 11.9 Å². The number of hydrogen-bond donors (Lipinski definition) is 1. The SMILES string of the molecule is CC(=O)Nc1ccc(OC2C[C@@H](C)CO2)cc1. The first kappa shape index (κ1) is 11.9. The highest BCUT2D eigenvalue weighted by Crippen LogP contribution is 2.23. The summed E-state index contributed by atoms with van der Waals surface area (Å²) >= 11 is 0. The average Bonchev–Trinajstić information content (AvgIpc) is 2.66. The van der Waals surface area contributed by atoms with Crippen LogP contribution in [0.25, 0.3) is 0 Å². The van der Waals surface area contributed by atoms with Gasteiger partial charge in [-0.3, -0.25) is 4.79 Å². The summed E-state index contributed by atoms with van der Waals surface area (Å²) in [5, 5.41) is 2.71. The lowest BCUT2D eigenvalue weighted by Crippen LogP contribution is -2.14. The number of ether oxygens (including phenoxy) is 2. The van der Waals surface area contributed by atoms with E-state index >= 15 is 0 Å². The molecule has 92 valence electrons. The topological polar surface area (TPSA) is 47.6 Å². The van der Waals surface area contributed by atoms with E-state index in [0.717, 1.165) is 24.5 Å². The number of hydrogen-bond acceptors (Lipinski definition) is 3. The summed E-state index contributed by atoms with van der Waals surface area (Å²) in [7, 11) is 0. The minimum Gasteiger partial charge on any atom is -0.465 e. The van der Waals surface area contributed by atoms with Crippen molar-refractivity contribution in [3.8, 4) is 5.75 Å². The Labute approximate surface area is 101 Å². The summed E-state index contributed by atoms with van der Waals surface area (Å²) in [5.74, 6) is 1.24. The van der Waals surface area contributed by atoms with Crippen LogP contribution >= 0.6 is 0 Å². The van der Waals surface area contributed by atoms with Gasteiger partial charge in [-0.25, -0.2) is 0 Å². The lowest BCUT2D eigenvalue weighted by atomic mass is 10.1. The summed E-state index contributed by atoms with van der Waals surface area (Å²) < 4.78 is 11.1. The Kier molecular flexibility index (Phi) is 3.64. The van der Waals surface area contributed by atoms with Crippen LogP contribution in [0.15, 0.2) is 24.3 Å². The van der Waals surface area contributed by atoms with Gasteiger partial charge in [-0.2, -0.15) is 0 Å². The Morgan fingerprint density at radius 3 is 2.65 bits per heavy atom. The van der Waals surface area contributed by atoms with E-state index in [-0.39, 0.29) is 12.2 Å². The van der Waals surface area contributed by atoms with E-state index in [1.165, 1.54) is 6.92 Å². The van der Waals surface area contributed by atoms with Crippen LogP contribution in [0.3, 0.4) is 0 Å².